The van der Waals surface area contributed by atoms with Gasteiger partial charge in [-0.15, -0.1) is 0 Å². The van der Waals surface area contributed by atoms with Gasteiger partial charge in [-0.05, 0) is 19.1 Å². The molecule has 1 N–H and O–H groups in total. The summed E-state index contributed by atoms with van der Waals surface area (Å²) in [6.45, 7) is 2.07. The smallest absolute Gasteiger partial charge is 0.411 e. The van der Waals surface area contributed by atoms with Crippen molar-refractivity contribution in [1.29, 1.82) is 5.26 Å². The second-order valence-corrected chi connectivity index (χ2v) is 3.66. The Morgan fingerprint density at radius 2 is 2.00 bits per heavy atom. The Labute approximate surface area is 105 Å². The number of nitrogens with zero attached hydrogens (tertiary/aromatic N) is 1. The Morgan fingerprint density at radius 1 is 1.28 bits per heavy atom. The van der Waals surface area contributed by atoms with E-state index in [-0.39, 0.29) is 0 Å². The number of amides is 1. The normalized spacial score (nSPS) is 9.78. The quantitative estimate of drug-likeness (QED) is 0.876. The van der Waals surface area contributed by atoms with E-state index < -0.39 is 6.09 Å². The first-order valence-electron chi connectivity index (χ1n) is 5.62. The summed E-state index contributed by atoms with van der Waals surface area (Å²) >= 11 is 0. The molecule has 0 saturated heterocycles. The lowest BCUT2D eigenvalue weighted by Gasteiger charge is -2.09. The maximum Gasteiger partial charge on any atom is 0.411 e. The number of hydrogen-bond donors (Lipinski definition) is 1. The van der Waals surface area contributed by atoms with Crippen molar-refractivity contribution in [2.45, 2.75) is 6.92 Å². The molecule has 0 fully saturated rings. The van der Waals surface area contributed by atoms with E-state index in [0.29, 0.717) is 17.9 Å². The van der Waals surface area contributed by atoms with Gasteiger partial charge in [0.1, 0.15) is 0 Å². The van der Waals surface area contributed by atoms with Crippen LogP contribution in [0.5, 0.6) is 0 Å². The molecule has 0 unspecified atom stereocenters. The van der Waals surface area contributed by atoms with Gasteiger partial charge in [-0.3, -0.25) is 5.32 Å². The highest BCUT2D eigenvalue weighted by atomic mass is 16.5. The van der Waals surface area contributed by atoms with Gasteiger partial charge in [0.25, 0.3) is 0 Å². The molecule has 4 heteroatoms. The number of nitrogens with one attached hydrogen (secondary N) is 1. The number of hydrogen-bond acceptors (Lipinski definition) is 3. The molecule has 0 aromatic heterocycles. The van der Waals surface area contributed by atoms with Crippen molar-refractivity contribution >= 4 is 22.6 Å². The lowest BCUT2D eigenvalue weighted by Crippen LogP contribution is -2.13. The minimum atomic E-state index is -0.493. The first-order chi connectivity index (χ1) is 8.76. The highest BCUT2D eigenvalue weighted by molar-refractivity contribution is 6.02. The number of rotatable bonds is 2. The third-order valence-corrected chi connectivity index (χ3v) is 2.56. The molecule has 4 nitrogen and oxygen atoms in total. The van der Waals surface area contributed by atoms with E-state index in [2.05, 4.69) is 11.4 Å². The largest absolute Gasteiger partial charge is 0.450 e. The van der Waals surface area contributed by atoms with Crippen molar-refractivity contribution in [3.8, 4) is 6.07 Å². The molecule has 0 aliphatic rings. The van der Waals surface area contributed by atoms with Crippen molar-refractivity contribution in [3.05, 3.63) is 42.0 Å². The van der Waals surface area contributed by atoms with E-state index >= 15 is 0 Å². The van der Waals surface area contributed by atoms with Gasteiger partial charge in [0.05, 0.1) is 23.9 Å². The van der Waals surface area contributed by atoms with Crippen molar-refractivity contribution in [2.75, 3.05) is 11.9 Å². The maximum atomic E-state index is 11.4. The van der Waals surface area contributed by atoms with Crippen molar-refractivity contribution in [3.63, 3.8) is 0 Å². The molecule has 0 aliphatic heterocycles. The number of fused-ring (bicyclic) bond motifs is 1. The summed E-state index contributed by atoms with van der Waals surface area (Å²) in [6.07, 6.45) is -0.493. The standard InChI is InChI=1S/C14H12N2O2/c1-2-18-14(17)16-13-8-7-10(9-15)11-5-3-4-6-12(11)13/h3-8H,2H2,1H3,(H,16,17). The van der Waals surface area contributed by atoms with Gasteiger partial charge in [-0.1, -0.05) is 24.3 Å². The molecule has 0 bridgehead atoms. The van der Waals surface area contributed by atoms with E-state index in [9.17, 15) is 4.79 Å². The van der Waals surface area contributed by atoms with Crippen LogP contribution in [0.4, 0.5) is 10.5 Å². The third-order valence-electron chi connectivity index (χ3n) is 2.56. The van der Waals surface area contributed by atoms with Crippen LogP contribution in [0.15, 0.2) is 36.4 Å². The predicted molar refractivity (Wildman–Crippen MR) is 69.3 cm³/mol. The highest BCUT2D eigenvalue weighted by Crippen LogP contribution is 2.26. The van der Waals surface area contributed by atoms with Crippen molar-refractivity contribution in [1.82, 2.24) is 0 Å². The first kappa shape index (κ1) is 11.9. The van der Waals surface area contributed by atoms with Gasteiger partial charge in [0, 0.05) is 10.8 Å². The molecule has 2 rings (SSSR count). The van der Waals surface area contributed by atoms with Gasteiger partial charge in [-0.2, -0.15) is 5.26 Å². The molecule has 0 heterocycles. The van der Waals surface area contributed by atoms with Gasteiger partial charge < -0.3 is 4.74 Å². The summed E-state index contributed by atoms with van der Waals surface area (Å²) in [5, 5.41) is 13.3. The van der Waals surface area contributed by atoms with E-state index in [4.69, 9.17) is 10.00 Å². The molecule has 1 amide bonds. The Bertz CT molecular complexity index is 629. The summed E-state index contributed by atoms with van der Waals surface area (Å²) in [5.74, 6) is 0. The van der Waals surface area contributed by atoms with Crippen molar-refractivity contribution in [2.24, 2.45) is 0 Å². The van der Waals surface area contributed by atoms with Crippen LogP contribution in [0.25, 0.3) is 10.8 Å². The highest BCUT2D eigenvalue weighted by Gasteiger charge is 2.08. The SMILES string of the molecule is CCOC(=O)Nc1ccc(C#N)c2ccccc12. The molecule has 0 aliphatic carbocycles. The summed E-state index contributed by atoms with van der Waals surface area (Å²) < 4.78 is 4.84. The summed E-state index contributed by atoms with van der Waals surface area (Å²) in [5.41, 5.74) is 1.23. The molecular weight excluding hydrogens is 228 g/mol. The van der Waals surface area contributed by atoms with Crippen LogP contribution >= 0.6 is 0 Å². The summed E-state index contributed by atoms with van der Waals surface area (Å²) in [4.78, 5) is 11.4. The van der Waals surface area contributed by atoms with Crippen LogP contribution < -0.4 is 5.32 Å². The Hall–Kier alpha value is -2.54. The molecule has 90 valence electrons. The molecule has 2 aromatic carbocycles. The van der Waals surface area contributed by atoms with E-state index in [1.165, 1.54) is 0 Å². The summed E-state index contributed by atoms with van der Waals surface area (Å²) in [6, 6.07) is 13.0. The Kier molecular flexibility index (Phi) is 3.44. The van der Waals surface area contributed by atoms with Crippen molar-refractivity contribution < 1.29 is 9.53 Å². The zero-order chi connectivity index (χ0) is 13.0. The second kappa shape index (κ2) is 5.19. The molecule has 0 atom stereocenters. The van der Waals surface area contributed by atoms with Crippen LogP contribution in [0.2, 0.25) is 0 Å². The molecule has 0 saturated carbocycles. The zero-order valence-electron chi connectivity index (χ0n) is 9.93. The van der Waals surface area contributed by atoms with E-state index in [0.717, 1.165) is 10.8 Å². The predicted octanol–water partition coefficient (Wildman–Crippen LogP) is 3.28. The van der Waals surface area contributed by atoms with E-state index in [1.54, 1.807) is 19.1 Å². The average molecular weight is 240 g/mol. The lowest BCUT2D eigenvalue weighted by molar-refractivity contribution is 0.168. The zero-order valence-corrected chi connectivity index (χ0v) is 9.93. The van der Waals surface area contributed by atoms with Crippen LogP contribution in [0.3, 0.4) is 0 Å². The van der Waals surface area contributed by atoms with Gasteiger partial charge in [0.2, 0.25) is 0 Å². The Balaban J connectivity index is 2.47. The number of benzene rings is 2. The minimum absolute atomic E-state index is 0.319. The number of anilines is 1. The van der Waals surface area contributed by atoms with Gasteiger partial charge in [-0.25, -0.2) is 4.79 Å². The van der Waals surface area contributed by atoms with Crippen LogP contribution in [-0.4, -0.2) is 12.7 Å². The maximum absolute atomic E-state index is 11.4. The van der Waals surface area contributed by atoms with E-state index in [1.807, 2.05) is 24.3 Å². The average Bonchev–Trinajstić information content (AvgIpc) is 2.39. The fraction of sp³-hybridized carbons (Fsp3) is 0.143. The van der Waals surface area contributed by atoms with Gasteiger partial charge >= 0.3 is 6.09 Å². The Morgan fingerprint density at radius 3 is 2.67 bits per heavy atom. The molecule has 2 aromatic rings. The number of ether oxygens (including phenoxy) is 1. The van der Waals surface area contributed by atoms with Crippen LogP contribution in [0, 0.1) is 11.3 Å². The monoisotopic (exact) mass is 240 g/mol. The topological polar surface area (TPSA) is 62.1 Å². The summed E-state index contributed by atoms with van der Waals surface area (Å²) in [7, 11) is 0. The molecule has 18 heavy (non-hydrogen) atoms. The first-order valence-corrected chi connectivity index (χ1v) is 5.62. The number of carbonyl (C=O) groups is 1. The number of nitriles is 1. The fourth-order valence-corrected chi connectivity index (χ4v) is 1.78. The lowest BCUT2D eigenvalue weighted by atomic mass is 10.0. The third kappa shape index (κ3) is 2.25. The van der Waals surface area contributed by atoms with Gasteiger partial charge in [0.15, 0.2) is 0 Å². The molecule has 0 spiro atoms. The fourth-order valence-electron chi connectivity index (χ4n) is 1.78. The molecule has 0 radical (unpaired) electrons. The van der Waals surface area contributed by atoms with Crippen LogP contribution in [-0.2, 0) is 4.74 Å². The second-order valence-electron chi connectivity index (χ2n) is 3.66. The number of carbonyl (C=O) groups excluding carboxylic acids is 1. The molecular formula is C14H12N2O2. The minimum Gasteiger partial charge on any atom is -0.450 e. The van der Waals surface area contributed by atoms with Crippen LogP contribution in [0.1, 0.15) is 12.5 Å².